The van der Waals surface area contributed by atoms with E-state index in [0.29, 0.717) is 13.0 Å². The van der Waals surface area contributed by atoms with Crippen LogP contribution < -0.4 is 5.32 Å². The average Bonchev–Trinajstić information content (AvgIpc) is 2.38. The molecule has 1 unspecified atom stereocenters. The van der Waals surface area contributed by atoms with Crippen molar-refractivity contribution in [3.05, 3.63) is 35.9 Å². The van der Waals surface area contributed by atoms with E-state index in [0.717, 1.165) is 18.2 Å². The number of ether oxygens (including phenoxy) is 1. The van der Waals surface area contributed by atoms with E-state index in [-0.39, 0.29) is 11.9 Å². The Bertz CT molecular complexity index is 337. The Morgan fingerprint density at radius 1 is 1.39 bits per heavy atom. The lowest BCUT2D eigenvalue weighted by atomic mass is 10.1. The van der Waals surface area contributed by atoms with E-state index in [2.05, 4.69) is 21.2 Å². The molecule has 0 bridgehead atoms. The highest BCUT2D eigenvalue weighted by molar-refractivity contribution is 9.09. The minimum atomic E-state index is 0.0850. The van der Waals surface area contributed by atoms with E-state index in [4.69, 9.17) is 4.74 Å². The SMILES string of the molecule is COCC(CCBr)NC(=O)CCc1ccccc1. The Kier molecular flexibility index (Phi) is 7.69. The zero-order valence-corrected chi connectivity index (χ0v) is 12.3. The number of alkyl halides is 1. The molecule has 0 saturated carbocycles. The summed E-state index contributed by atoms with van der Waals surface area (Å²) in [5, 5.41) is 3.86. The van der Waals surface area contributed by atoms with E-state index in [1.807, 2.05) is 30.3 Å². The summed E-state index contributed by atoms with van der Waals surface area (Å²) < 4.78 is 5.08. The molecule has 3 nitrogen and oxygen atoms in total. The zero-order valence-electron chi connectivity index (χ0n) is 10.7. The molecule has 0 saturated heterocycles. The van der Waals surface area contributed by atoms with Crippen LogP contribution >= 0.6 is 15.9 Å². The molecular weight excluding hydrogens is 294 g/mol. The molecule has 0 spiro atoms. The molecule has 0 radical (unpaired) electrons. The van der Waals surface area contributed by atoms with Gasteiger partial charge in [0, 0.05) is 18.9 Å². The van der Waals surface area contributed by atoms with Crippen molar-refractivity contribution in [1.29, 1.82) is 0 Å². The minimum Gasteiger partial charge on any atom is -0.383 e. The standard InChI is InChI=1S/C14H20BrNO2/c1-18-11-13(9-10-15)16-14(17)8-7-12-5-3-2-4-6-12/h2-6,13H,7-11H2,1H3,(H,16,17). The van der Waals surface area contributed by atoms with Gasteiger partial charge < -0.3 is 10.1 Å². The summed E-state index contributed by atoms with van der Waals surface area (Å²) in [5.41, 5.74) is 1.19. The summed E-state index contributed by atoms with van der Waals surface area (Å²) in [7, 11) is 1.65. The molecule has 0 aliphatic rings. The predicted molar refractivity (Wildman–Crippen MR) is 77.0 cm³/mol. The highest BCUT2D eigenvalue weighted by Crippen LogP contribution is 2.03. The molecule has 18 heavy (non-hydrogen) atoms. The van der Waals surface area contributed by atoms with Crippen molar-refractivity contribution < 1.29 is 9.53 Å². The van der Waals surface area contributed by atoms with Crippen LogP contribution in [0.3, 0.4) is 0 Å². The van der Waals surface area contributed by atoms with Gasteiger partial charge in [0.15, 0.2) is 0 Å². The quantitative estimate of drug-likeness (QED) is 0.749. The van der Waals surface area contributed by atoms with Gasteiger partial charge in [0.25, 0.3) is 0 Å². The molecule has 1 rings (SSSR count). The second-order valence-corrected chi connectivity index (χ2v) is 4.98. The lowest BCUT2D eigenvalue weighted by Gasteiger charge is -2.16. The summed E-state index contributed by atoms with van der Waals surface area (Å²) in [6.07, 6.45) is 2.18. The van der Waals surface area contributed by atoms with Crippen LogP contribution in [0, 0.1) is 0 Å². The second kappa shape index (κ2) is 9.11. The summed E-state index contributed by atoms with van der Waals surface area (Å²) in [5.74, 6) is 0.0850. The molecule has 0 heterocycles. The Morgan fingerprint density at radius 2 is 2.11 bits per heavy atom. The number of benzene rings is 1. The maximum atomic E-state index is 11.8. The van der Waals surface area contributed by atoms with Crippen molar-refractivity contribution in [3.63, 3.8) is 0 Å². The summed E-state index contributed by atoms with van der Waals surface area (Å²) in [4.78, 5) is 11.8. The zero-order chi connectivity index (χ0) is 13.2. The lowest BCUT2D eigenvalue weighted by molar-refractivity contribution is -0.122. The maximum absolute atomic E-state index is 11.8. The maximum Gasteiger partial charge on any atom is 0.220 e. The highest BCUT2D eigenvalue weighted by atomic mass is 79.9. The molecule has 1 amide bonds. The number of amides is 1. The molecule has 0 aromatic heterocycles. The smallest absolute Gasteiger partial charge is 0.220 e. The Hall–Kier alpha value is -0.870. The Morgan fingerprint density at radius 3 is 2.72 bits per heavy atom. The number of carbonyl (C=O) groups excluding carboxylic acids is 1. The van der Waals surface area contributed by atoms with Gasteiger partial charge in [-0.2, -0.15) is 0 Å². The van der Waals surface area contributed by atoms with Crippen molar-refractivity contribution in [3.8, 4) is 0 Å². The van der Waals surface area contributed by atoms with Crippen LogP contribution in [0.1, 0.15) is 18.4 Å². The third kappa shape index (κ3) is 6.17. The molecule has 4 heteroatoms. The van der Waals surface area contributed by atoms with Crippen molar-refractivity contribution in [1.82, 2.24) is 5.32 Å². The van der Waals surface area contributed by atoms with Crippen molar-refractivity contribution in [2.45, 2.75) is 25.3 Å². The molecule has 100 valence electrons. The minimum absolute atomic E-state index is 0.0850. The van der Waals surface area contributed by atoms with E-state index >= 15 is 0 Å². The number of hydrogen-bond donors (Lipinski definition) is 1. The van der Waals surface area contributed by atoms with Gasteiger partial charge in [0.2, 0.25) is 5.91 Å². The van der Waals surface area contributed by atoms with E-state index in [1.54, 1.807) is 7.11 Å². The average molecular weight is 314 g/mol. The summed E-state index contributed by atoms with van der Waals surface area (Å²) >= 11 is 3.38. The molecule has 1 aromatic carbocycles. The first-order chi connectivity index (χ1) is 8.76. The van der Waals surface area contributed by atoms with Crippen LogP contribution in [0.25, 0.3) is 0 Å². The number of halogens is 1. The topological polar surface area (TPSA) is 38.3 Å². The van der Waals surface area contributed by atoms with Gasteiger partial charge in [-0.3, -0.25) is 4.79 Å². The highest BCUT2D eigenvalue weighted by Gasteiger charge is 2.11. The van der Waals surface area contributed by atoms with Gasteiger partial charge >= 0.3 is 0 Å². The van der Waals surface area contributed by atoms with Crippen LogP contribution in [0.4, 0.5) is 0 Å². The van der Waals surface area contributed by atoms with Gasteiger partial charge in [-0.05, 0) is 18.4 Å². The lowest BCUT2D eigenvalue weighted by Crippen LogP contribution is -2.38. The van der Waals surface area contributed by atoms with Gasteiger partial charge in [0.1, 0.15) is 0 Å². The van der Waals surface area contributed by atoms with Crippen LogP contribution in [-0.2, 0) is 16.0 Å². The first-order valence-corrected chi connectivity index (χ1v) is 7.26. The molecule has 1 aromatic rings. The third-order valence-electron chi connectivity index (χ3n) is 2.67. The fourth-order valence-corrected chi connectivity index (χ4v) is 2.29. The number of rotatable bonds is 8. The van der Waals surface area contributed by atoms with Crippen LogP contribution in [0.15, 0.2) is 30.3 Å². The fraction of sp³-hybridized carbons (Fsp3) is 0.500. The predicted octanol–water partition coefficient (Wildman–Crippen LogP) is 2.54. The summed E-state index contributed by atoms with van der Waals surface area (Å²) in [6.45, 7) is 0.558. The second-order valence-electron chi connectivity index (χ2n) is 4.18. The largest absolute Gasteiger partial charge is 0.383 e. The first-order valence-electron chi connectivity index (χ1n) is 6.14. The monoisotopic (exact) mass is 313 g/mol. The number of nitrogens with one attached hydrogen (secondary N) is 1. The fourth-order valence-electron chi connectivity index (χ4n) is 1.73. The number of aryl methyl sites for hydroxylation is 1. The van der Waals surface area contributed by atoms with Crippen LogP contribution in [0.2, 0.25) is 0 Å². The van der Waals surface area contributed by atoms with Gasteiger partial charge in [-0.25, -0.2) is 0 Å². The van der Waals surface area contributed by atoms with Crippen molar-refractivity contribution >= 4 is 21.8 Å². The normalized spacial score (nSPS) is 12.1. The van der Waals surface area contributed by atoms with E-state index in [9.17, 15) is 4.79 Å². The molecule has 0 aliphatic heterocycles. The van der Waals surface area contributed by atoms with Gasteiger partial charge in [0.05, 0.1) is 12.6 Å². The molecular formula is C14H20BrNO2. The molecule has 0 fully saturated rings. The van der Waals surface area contributed by atoms with Crippen molar-refractivity contribution in [2.75, 3.05) is 19.0 Å². The van der Waals surface area contributed by atoms with Crippen molar-refractivity contribution in [2.24, 2.45) is 0 Å². The third-order valence-corrected chi connectivity index (χ3v) is 3.13. The Labute approximate surface area is 117 Å². The summed E-state index contributed by atoms with van der Waals surface area (Å²) in [6, 6.07) is 10.1. The molecule has 0 aliphatic carbocycles. The molecule has 1 N–H and O–H groups in total. The number of methoxy groups -OCH3 is 1. The van der Waals surface area contributed by atoms with Gasteiger partial charge in [-0.1, -0.05) is 46.3 Å². The van der Waals surface area contributed by atoms with Crippen LogP contribution in [0.5, 0.6) is 0 Å². The number of hydrogen-bond acceptors (Lipinski definition) is 2. The number of carbonyl (C=O) groups is 1. The molecule has 1 atom stereocenters. The van der Waals surface area contributed by atoms with E-state index < -0.39 is 0 Å². The van der Waals surface area contributed by atoms with E-state index in [1.165, 1.54) is 5.56 Å². The van der Waals surface area contributed by atoms with Crippen LogP contribution in [-0.4, -0.2) is 31.0 Å². The Balaban J connectivity index is 2.31. The van der Waals surface area contributed by atoms with Gasteiger partial charge in [-0.15, -0.1) is 0 Å². The first kappa shape index (κ1) is 15.2.